The number of aromatic nitrogens is 2. The minimum atomic E-state index is -0.128. The van der Waals surface area contributed by atoms with Crippen LogP contribution in [0.2, 0.25) is 0 Å². The number of imidazole rings is 1. The number of fused-ring (bicyclic) bond motifs is 3. The lowest BCUT2D eigenvalue weighted by molar-refractivity contribution is -0.114. The molecule has 0 aliphatic carbocycles. The van der Waals surface area contributed by atoms with Crippen molar-refractivity contribution in [1.29, 1.82) is 5.26 Å². The van der Waals surface area contributed by atoms with Crippen molar-refractivity contribution >= 4 is 38.9 Å². The Kier molecular flexibility index (Phi) is 2.28. The first-order chi connectivity index (χ1) is 8.69. The third-order valence-corrected chi connectivity index (χ3v) is 3.44. The number of benzene rings is 1. The molecule has 88 valence electrons. The summed E-state index contributed by atoms with van der Waals surface area (Å²) in [6.45, 7) is 1.46. The van der Waals surface area contributed by atoms with E-state index in [1.54, 1.807) is 6.20 Å². The highest BCUT2D eigenvalue weighted by molar-refractivity contribution is 7.17. The molecule has 0 aliphatic rings. The van der Waals surface area contributed by atoms with Gasteiger partial charge in [-0.3, -0.25) is 9.20 Å². The molecule has 18 heavy (non-hydrogen) atoms. The second-order valence-electron chi connectivity index (χ2n) is 3.83. The first-order valence-electron chi connectivity index (χ1n) is 5.27. The van der Waals surface area contributed by atoms with Crippen molar-refractivity contribution in [3.05, 3.63) is 29.3 Å². The summed E-state index contributed by atoms with van der Waals surface area (Å²) in [4.78, 5) is 16.9. The topological polar surface area (TPSA) is 70.2 Å². The van der Waals surface area contributed by atoms with Crippen molar-refractivity contribution in [1.82, 2.24) is 9.38 Å². The molecule has 0 fully saturated rings. The van der Waals surface area contributed by atoms with Crippen molar-refractivity contribution in [3.63, 3.8) is 0 Å². The van der Waals surface area contributed by atoms with Crippen LogP contribution in [0.4, 0.5) is 5.69 Å². The van der Waals surface area contributed by atoms with Crippen molar-refractivity contribution in [2.24, 2.45) is 0 Å². The molecule has 0 radical (unpaired) electrons. The zero-order valence-corrected chi connectivity index (χ0v) is 10.3. The molecule has 1 aromatic carbocycles. The molecule has 1 N–H and O–H groups in total. The largest absolute Gasteiger partial charge is 0.324 e. The average Bonchev–Trinajstić information content (AvgIpc) is 2.86. The van der Waals surface area contributed by atoms with E-state index in [9.17, 15) is 4.79 Å². The van der Waals surface area contributed by atoms with Gasteiger partial charge in [-0.1, -0.05) is 17.4 Å². The number of hydrogen-bond donors (Lipinski definition) is 1. The van der Waals surface area contributed by atoms with Gasteiger partial charge in [0.1, 0.15) is 16.5 Å². The van der Waals surface area contributed by atoms with E-state index in [2.05, 4.69) is 16.4 Å². The van der Waals surface area contributed by atoms with Gasteiger partial charge in [0.25, 0.3) is 0 Å². The van der Waals surface area contributed by atoms with Crippen LogP contribution in [0.1, 0.15) is 11.8 Å². The molecule has 0 spiro atoms. The van der Waals surface area contributed by atoms with Crippen LogP contribution < -0.4 is 5.32 Å². The molecule has 0 bridgehead atoms. The zero-order chi connectivity index (χ0) is 12.7. The number of amides is 1. The Morgan fingerprint density at radius 3 is 3.11 bits per heavy atom. The normalized spacial score (nSPS) is 10.7. The lowest BCUT2D eigenvalue weighted by atomic mass is 10.2. The van der Waals surface area contributed by atoms with Gasteiger partial charge in [-0.05, 0) is 12.1 Å². The molecular formula is C12H8N4OS. The van der Waals surface area contributed by atoms with Gasteiger partial charge in [0.15, 0.2) is 4.96 Å². The maximum Gasteiger partial charge on any atom is 0.221 e. The van der Waals surface area contributed by atoms with Crippen LogP contribution in [0, 0.1) is 11.3 Å². The van der Waals surface area contributed by atoms with Crippen LogP contribution in [0.15, 0.2) is 24.4 Å². The second kappa shape index (κ2) is 3.82. The van der Waals surface area contributed by atoms with Gasteiger partial charge >= 0.3 is 0 Å². The Bertz CT molecular complexity index is 809. The zero-order valence-electron chi connectivity index (χ0n) is 9.47. The lowest BCUT2D eigenvalue weighted by Crippen LogP contribution is -2.05. The van der Waals surface area contributed by atoms with Crippen LogP contribution in [0.25, 0.3) is 16.0 Å². The Hall–Kier alpha value is -2.39. The fraction of sp³-hybridized carbons (Fsp3) is 0.0833. The van der Waals surface area contributed by atoms with Gasteiger partial charge < -0.3 is 5.32 Å². The van der Waals surface area contributed by atoms with E-state index in [4.69, 9.17) is 5.26 Å². The molecule has 0 atom stereocenters. The molecule has 6 heteroatoms. The summed E-state index contributed by atoms with van der Waals surface area (Å²) in [5.41, 5.74) is 2.31. The highest BCUT2D eigenvalue weighted by Crippen LogP contribution is 2.27. The summed E-state index contributed by atoms with van der Waals surface area (Å²) in [6, 6.07) is 7.68. The first kappa shape index (κ1) is 10.7. The molecule has 0 aliphatic heterocycles. The molecular weight excluding hydrogens is 248 g/mol. The highest BCUT2D eigenvalue weighted by atomic mass is 32.1. The number of para-hydroxylation sites is 1. The highest BCUT2D eigenvalue weighted by Gasteiger charge is 2.11. The van der Waals surface area contributed by atoms with Crippen molar-refractivity contribution in [3.8, 4) is 6.07 Å². The molecule has 5 nitrogen and oxygen atoms in total. The Labute approximate surface area is 106 Å². The minimum Gasteiger partial charge on any atom is -0.324 e. The third-order valence-electron chi connectivity index (χ3n) is 2.56. The predicted octanol–water partition coefficient (Wildman–Crippen LogP) is 2.38. The van der Waals surface area contributed by atoms with Crippen LogP contribution in [-0.4, -0.2) is 15.3 Å². The molecule has 2 heterocycles. The number of thiazole rings is 1. The van der Waals surface area contributed by atoms with Gasteiger partial charge in [-0.2, -0.15) is 5.26 Å². The number of carbonyl (C=O) groups is 1. The molecule has 2 aromatic heterocycles. The van der Waals surface area contributed by atoms with Gasteiger partial charge in [-0.25, -0.2) is 4.98 Å². The number of hydrogen-bond acceptors (Lipinski definition) is 4. The molecule has 0 saturated heterocycles. The monoisotopic (exact) mass is 256 g/mol. The Balaban J connectivity index is 2.30. The molecule has 3 aromatic rings. The number of rotatable bonds is 1. The maximum atomic E-state index is 11.1. The van der Waals surface area contributed by atoms with E-state index in [-0.39, 0.29) is 5.91 Å². The van der Waals surface area contributed by atoms with Crippen LogP contribution in [0.3, 0.4) is 0 Å². The molecule has 0 unspecified atom stereocenters. The summed E-state index contributed by atoms with van der Waals surface area (Å²) in [5, 5.41) is 11.6. The number of nitriles is 1. The average molecular weight is 256 g/mol. The number of nitrogens with one attached hydrogen (secondary N) is 1. The van der Waals surface area contributed by atoms with Crippen molar-refractivity contribution < 1.29 is 4.79 Å². The van der Waals surface area contributed by atoms with Crippen LogP contribution in [-0.2, 0) is 4.79 Å². The van der Waals surface area contributed by atoms with E-state index in [0.717, 1.165) is 16.0 Å². The summed E-state index contributed by atoms with van der Waals surface area (Å²) < 4.78 is 1.86. The summed E-state index contributed by atoms with van der Waals surface area (Å²) >= 11 is 1.33. The van der Waals surface area contributed by atoms with E-state index >= 15 is 0 Å². The number of carbonyl (C=O) groups excluding carboxylic acids is 1. The van der Waals surface area contributed by atoms with Gasteiger partial charge in [-0.15, -0.1) is 0 Å². The van der Waals surface area contributed by atoms with E-state index in [1.165, 1.54) is 18.3 Å². The molecule has 3 rings (SSSR count). The smallest absolute Gasteiger partial charge is 0.221 e. The fourth-order valence-corrected chi connectivity index (χ4v) is 2.66. The molecule has 0 saturated carbocycles. The van der Waals surface area contributed by atoms with Crippen molar-refractivity contribution in [2.45, 2.75) is 6.92 Å². The van der Waals surface area contributed by atoms with Gasteiger partial charge in [0.05, 0.1) is 11.2 Å². The Morgan fingerprint density at radius 1 is 1.56 bits per heavy atom. The quantitative estimate of drug-likeness (QED) is 0.726. The van der Waals surface area contributed by atoms with Crippen LogP contribution >= 0.6 is 11.3 Å². The van der Waals surface area contributed by atoms with Crippen molar-refractivity contribution in [2.75, 3.05) is 5.32 Å². The summed E-state index contributed by atoms with van der Waals surface area (Å²) in [7, 11) is 0. The Morgan fingerprint density at radius 2 is 2.39 bits per heavy atom. The van der Waals surface area contributed by atoms with E-state index in [1.807, 2.05) is 22.6 Å². The number of anilines is 1. The summed E-state index contributed by atoms with van der Waals surface area (Å²) in [5.74, 6) is -0.128. The second-order valence-corrected chi connectivity index (χ2v) is 4.84. The fourth-order valence-electron chi connectivity index (χ4n) is 1.88. The predicted molar refractivity (Wildman–Crippen MR) is 69.6 cm³/mol. The lowest BCUT2D eigenvalue weighted by Gasteiger charge is -2.01. The van der Waals surface area contributed by atoms with Crippen LogP contribution in [0.5, 0.6) is 0 Å². The van der Waals surface area contributed by atoms with Gasteiger partial charge in [0.2, 0.25) is 5.91 Å². The first-order valence-corrected chi connectivity index (χ1v) is 6.09. The minimum absolute atomic E-state index is 0.128. The number of nitrogens with zero attached hydrogens (tertiary/aromatic N) is 3. The standard InChI is InChI=1S/C12H8N4OS/c1-7(17)14-9-3-2-4-10-11(9)15-12-16(10)6-8(5-13)18-12/h2-4,6H,1H3,(H,14,17). The third kappa shape index (κ3) is 1.53. The van der Waals surface area contributed by atoms with Gasteiger partial charge in [0, 0.05) is 13.1 Å². The van der Waals surface area contributed by atoms with E-state index < -0.39 is 0 Å². The SMILES string of the molecule is CC(=O)Nc1cccc2c1nc1sc(C#N)cn12. The summed E-state index contributed by atoms with van der Waals surface area (Å²) in [6.07, 6.45) is 1.76. The maximum absolute atomic E-state index is 11.1. The molecule has 1 amide bonds. The van der Waals surface area contributed by atoms with E-state index in [0.29, 0.717) is 10.6 Å².